The van der Waals surface area contributed by atoms with Crippen molar-refractivity contribution in [3.63, 3.8) is 0 Å². The Balaban J connectivity index is 1.39. The molecule has 0 aliphatic carbocycles. The predicted octanol–water partition coefficient (Wildman–Crippen LogP) is 8.88. The molecule has 0 saturated heterocycles. The fourth-order valence-electron chi connectivity index (χ4n) is 4.56. The Kier molecular flexibility index (Phi) is 11.4. The summed E-state index contributed by atoms with van der Waals surface area (Å²) in [6.07, 6.45) is 1.58. The van der Waals surface area contributed by atoms with Gasteiger partial charge in [-0.15, -0.1) is 11.8 Å². The summed E-state index contributed by atoms with van der Waals surface area (Å²) >= 11 is 13.6. The Bertz CT molecular complexity index is 1900. The number of carbonyl (C=O) groups excluding carboxylic acids is 3. The Hall–Kier alpha value is -5.02. The van der Waals surface area contributed by atoms with Crippen molar-refractivity contribution in [3.8, 4) is 5.75 Å². The van der Waals surface area contributed by atoms with Gasteiger partial charge in [0.1, 0.15) is 16.7 Å². The lowest BCUT2D eigenvalue weighted by molar-refractivity contribution is -0.116. The van der Waals surface area contributed by atoms with Crippen LogP contribution >= 0.6 is 35.0 Å². The summed E-state index contributed by atoms with van der Waals surface area (Å²) in [5.74, 6) is -0.638. The first-order valence-corrected chi connectivity index (χ1v) is 16.0. The highest BCUT2D eigenvalue weighted by Gasteiger charge is 2.23. The zero-order valence-corrected chi connectivity index (χ0v) is 27.4. The lowest BCUT2D eigenvalue weighted by Gasteiger charge is -2.18. The second-order valence-corrected chi connectivity index (χ2v) is 12.2. The molecule has 0 aliphatic rings. The molecule has 7 nitrogen and oxygen atoms in total. The molecule has 0 spiro atoms. The number of rotatable bonds is 11. The summed E-state index contributed by atoms with van der Waals surface area (Å²) in [6, 6.07) is 37.1. The van der Waals surface area contributed by atoms with Gasteiger partial charge in [0.25, 0.3) is 11.8 Å². The average molecular weight is 683 g/mol. The maximum Gasteiger partial charge on any atom is 0.272 e. The molecule has 0 heterocycles. The Morgan fingerprint density at radius 3 is 2.11 bits per heavy atom. The van der Waals surface area contributed by atoms with Crippen molar-refractivity contribution >= 4 is 70.1 Å². The van der Waals surface area contributed by atoms with Crippen LogP contribution < -0.4 is 20.7 Å². The quantitative estimate of drug-likeness (QED) is 0.0956. The minimum absolute atomic E-state index is 0.0342. The maximum atomic E-state index is 13.6. The van der Waals surface area contributed by atoms with Crippen molar-refractivity contribution in [1.29, 1.82) is 0 Å². The number of carbonyl (C=O) groups is 3. The smallest absolute Gasteiger partial charge is 0.272 e. The van der Waals surface area contributed by atoms with E-state index in [1.807, 2.05) is 36.4 Å². The topological polar surface area (TPSA) is 96.5 Å². The molecule has 1 atom stereocenters. The molecule has 10 heteroatoms. The predicted molar refractivity (Wildman–Crippen MR) is 190 cm³/mol. The van der Waals surface area contributed by atoms with Crippen LogP contribution in [0.25, 0.3) is 6.08 Å². The van der Waals surface area contributed by atoms with E-state index >= 15 is 0 Å². The minimum Gasteiger partial charge on any atom is -0.497 e. The standard InChI is InChI=1S/C37H29Cl2N3O4S/c1-46-31-16-8-10-24(18-31)19-33(42-35(43)26-13-6-3-7-14-26)36(44)40-29-15-9-17-32(23-29)47-34(25-11-4-2-5-12-25)37(45)41-30-21-27(38)20-28(39)22-30/h2-23,34H,1H3,(H,40,44)(H,41,45)(H,42,43)/b33-19-. The van der Waals surface area contributed by atoms with Crippen LogP contribution in [0, 0.1) is 0 Å². The van der Waals surface area contributed by atoms with Gasteiger partial charge in [-0.05, 0) is 77.9 Å². The van der Waals surface area contributed by atoms with Crippen LogP contribution in [0.2, 0.25) is 10.0 Å². The minimum atomic E-state index is -0.645. The SMILES string of the molecule is COc1cccc(/C=C(\NC(=O)c2ccccc2)C(=O)Nc2cccc(SC(C(=O)Nc3cc(Cl)cc(Cl)c3)c3ccccc3)c2)c1. The normalized spacial score (nSPS) is 11.7. The molecule has 0 fully saturated rings. The van der Waals surface area contributed by atoms with E-state index in [0.29, 0.717) is 38.3 Å². The molecule has 0 saturated carbocycles. The third kappa shape index (κ3) is 9.50. The molecular weight excluding hydrogens is 653 g/mol. The first-order valence-electron chi connectivity index (χ1n) is 14.4. The highest BCUT2D eigenvalue weighted by atomic mass is 35.5. The Morgan fingerprint density at radius 1 is 0.723 bits per heavy atom. The summed E-state index contributed by atoms with van der Waals surface area (Å²) in [6.45, 7) is 0. The largest absolute Gasteiger partial charge is 0.497 e. The van der Waals surface area contributed by atoms with Crippen molar-refractivity contribution in [2.24, 2.45) is 0 Å². The molecular formula is C37H29Cl2N3O4S. The molecule has 3 N–H and O–H groups in total. The van der Waals surface area contributed by atoms with Crippen molar-refractivity contribution in [1.82, 2.24) is 5.32 Å². The summed E-state index contributed by atoms with van der Waals surface area (Å²) in [5.41, 5.74) is 2.82. The first-order chi connectivity index (χ1) is 22.8. The van der Waals surface area contributed by atoms with Crippen LogP contribution in [-0.2, 0) is 9.59 Å². The average Bonchev–Trinajstić information content (AvgIpc) is 3.07. The van der Waals surface area contributed by atoms with Crippen LogP contribution in [0.3, 0.4) is 0 Å². The molecule has 1 unspecified atom stereocenters. The van der Waals surface area contributed by atoms with Crippen LogP contribution in [-0.4, -0.2) is 24.8 Å². The molecule has 0 aliphatic heterocycles. The van der Waals surface area contributed by atoms with Gasteiger partial charge in [0.2, 0.25) is 5.91 Å². The van der Waals surface area contributed by atoms with Gasteiger partial charge in [-0.2, -0.15) is 0 Å². The lowest BCUT2D eigenvalue weighted by Crippen LogP contribution is -2.30. The van der Waals surface area contributed by atoms with Gasteiger partial charge in [0, 0.05) is 31.9 Å². The van der Waals surface area contributed by atoms with Crippen molar-refractivity contribution < 1.29 is 19.1 Å². The number of benzene rings is 5. The van der Waals surface area contributed by atoms with E-state index in [1.54, 1.807) is 104 Å². The van der Waals surface area contributed by atoms with Gasteiger partial charge in [-0.3, -0.25) is 14.4 Å². The molecule has 5 aromatic carbocycles. The molecule has 3 amide bonds. The number of hydrogen-bond donors (Lipinski definition) is 3. The molecule has 236 valence electrons. The maximum absolute atomic E-state index is 13.6. The van der Waals surface area contributed by atoms with Crippen molar-refractivity contribution in [2.45, 2.75) is 10.1 Å². The number of ether oxygens (including phenoxy) is 1. The molecule has 5 aromatic rings. The highest BCUT2D eigenvalue weighted by Crippen LogP contribution is 2.37. The van der Waals surface area contributed by atoms with Gasteiger partial charge in [0.15, 0.2) is 0 Å². The van der Waals surface area contributed by atoms with Crippen LogP contribution in [0.1, 0.15) is 26.7 Å². The molecule has 0 aromatic heterocycles. The molecule has 5 rings (SSSR count). The number of methoxy groups -OCH3 is 1. The van der Waals surface area contributed by atoms with Gasteiger partial charge < -0.3 is 20.7 Å². The highest BCUT2D eigenvalue weighted by molar-refractivity contribution is 8.00. The molecule has 0 radical (unpaired) electrons. The number of anilines is 2. The second-order valence-electron chi connectivity index (χ2n) is 10.2. The fraction of sp³-hybridized carbons (Fsp3) is 0.0541. The molecule has 0 bridgehead atoms. The van der Waals surface area contributed by atoms with Crippen LogP contribution in [0.5, 0.6) is 5.75 Å². The lowest BCUT2D eigenvalue weighted by atomic mass is 10.1. The monoisotopic (exact) mass is 681 g/mol. The van der Waals surface area contributed by atoms with E-state index in [0.717, 1.165) is 10.5 Å². The number of hydrogen-bond acceptors (Lipinski definition) is 5. The van der Waals surface area contributed by atoms with E-state index in [-0.39, 0.29) is 11.6 Å². The van der Waals surface area contributed by atoms with Gasteiger partial charge >= 0.3 is 0 Å². The van der Waals surface area contributed by atoms with Crippen LogP contribution in [0.15, 0.2) is 138 Å². The zero-order chi connectivity index (χ0) is 33.2. The Morgan fingerprint density at radius 2 is 1.40 bits per heavy atom. The van der Waals surface area contributed by atoms with Gasteiger partial charge in [0.05, 0.1) is 7.11 Å². The van der Waals surface area contributed by atoms with E-state index < -0.39 is 17.1 Å². The van der Waals surface area contributed by atoms with E-state index in [4.69, 9.17) is 27.9 Å². The van der Waals surface area contributed by atoms with E-state index in [2.05, 4.69) is 16.0 Å². The van der Waals surface area contributed by atoms with Crippen molar-refractivity contribution in [3.05, 3.63) is 160 Å². The summed E-state index contributed by atoms with van der Waals surface area (Å²) < 4.78 is 5.32. The van der Waals surface area contributed by atoms with Crippen LogP contribution in [0.4, 0.5) is 11.4 Å². The summed E-state index contributed by atoms with van der Waals surface area (Å²) in [4.78, 5) is 41.0. The summed E-state index contributed by atoms with van der Waals surface area (Å²) in [5, 5.41) is 8.70. The van der Waals surface area contributed by atoms with Gasteiger partial charge in [-0.1, -0.05) is 89.9 Å². The fourth-order valence-corrected chi connectivity index (χ4v) is 6.17. The van der Waals surface area contributed by atoms with E-state index in [9.17, 15) is 14.4 Å². The van der Waals surface area contributed by atoms with E-state index in [1.165, 1.54) is 11.8 Å². The number of halogens is 2. The summed E-state index contributed by atoms with van der Waals surface area (Å²) in [7, 11) is 1.55. The Labute approximate surface area is 287 Å². The third-order valence-electron chi connectivity index (χ3n) is 6.75. The first kappa shape index (κ1) is 33.3. The molecule has 47 heavy (non-hydrogen) atoms. The second kappa shape index (κ2) is 16.0. The zero-order valence-electron chi connectivity index (χ0n) is 25.1. The number of thioether (sulfide) groups is 1. The van der Waals surface area contributed by atoms with Gasteiger partial charge in [-0.25, -0.2) is 0 Å². The third-order valence-corrected chi connectivity index (χ3v) is 8.43. The number of amides is 3. The van der Waals surface area contributed by atoms with Crippen molar-refractivity contribution in [2.75, 3.05) is 17.7 Å². The number of nitrogens with one attached hydrogen (secondary N) is 3.